The first kappa shape index (κ1) is 14.3. The van der Waals surface area contributed by atoms with E-state index in [0.29, 0.717) is 13.1 Å². The van der Waals surface area contributed by atoms with E-state index in [1.165, 1.54) is 0 Å². The van der Waals surface area contributed by atoms with E-state index in [0.717, 1.165) is 12.8 Å². The Bertz CT molecular complexity index is 178. The molecule has 0 aliphatic heterocycles. The molecule has 5 nitrogen and oxygen atoms in total. The predicted molar refractivity (Wildman–Crippen MR) is 56.0 cm³/mol. The van der Waals surface area contributed by atoms with Gasteiger partial charge in [-0.05, 0) is 12.8 Å². The van der Waals surface area contributed by atoms with Gasteiger partial charge in [-0.1, -0.05) is 13.8 Å². The summed E-state index contributed by atoms with van der Waals surface area (Å²) in [7, 11) is 0. The van der Waals surface area contributed by atoms with E-state index >= 15 is 0 Å². The van der Waals surface area contributed by atoms with E-state index in [-0.39, 0.29) is 6.42 Å². The summed E-state index contributed by atoms with van der Waals surface area (Å²) >= 11 is 0. The first-order valence-corrected chi connectivity index (χ1v) is 5.35. The quantitative estimate of drug-likeness (QED) is 0.513. The van der Waals surface area contributed by atoms with Gasteiger partial charge in [0.15, 0.2) is 6.29 Å². The van der Waals surface area contributed by atoms with Crippen molar-refractivity contribution in [1.29, 1.82) is 0 Å². The highest BCUT2D eigenvalue weighted by Crippen LogP contribution is 2.03. The zero-order valence-electron chi connectivity index (χ0n) is 9.39. The molecule has 0 aromatic rings. The molecule has 90 valence electrons. The third-order valence-electron chi connectivity index (χ3n) is 2.02. The topological polar surface area (TPSA) is 81.0 Å². The average Bonchev–Trinajstić information content (AvgIpc) is 2.15. The number of rotatable bonds is 7. The van der Waals surface area contributed by atoms with Crippen LogP contribution in [0.4, 0.5) is 0 Å². The molecule has 0 fully saturated rings. The second-order valence-electron chi connectivity index (χ2n) is 3.56. The van der Waals surface area contributed by atoms with Gasteiger partial charge in [0, 0.05) is 19.5 Å². The van der Waals surface area contributed by atoms with Crippen LogP contribution in [0.1, 0.15) is 33.1 Å². The van der Waals surface area contributed by atoms with Gasteiger partial charge in [-0.2, -0.15) is 0 Å². The average molecular weight is 219 g/mol. The van der Waals surface area contributed by atoms with Crippen LogP contribution in [0.5, 0.6) is 0 Å². The lowest BCUT2D eigenvalue weighted by Crippen LogP contribution is -2.41. The summed E-state index contributed by atoms with van der Waals surface area (Å²) in [5.41, 5.74) is 0. The van der Waals surface area contributed by atoms with Crippen LogP contribution < -0.4 is 0 Å². The molecule has 0 aliphatic carbocycles. The van der Waals surface area contributed by atoms with Gasteiger partial charge < -0.3 is 20.2 Å². The van der Waals surface area contributed by atoms with Crippen LogP contribution in [0.15, 0.2) is 0 Å². The summed E-state index contributed by atoms with van der Waals surface area (Å²) in [6, 6.07) is 0. The molecule has 0 saturated heterocycles. The molecule has 1 atom stereocenters. The third kappa shape index (κ3) is 5.71. The summed E-state index contributed by atoms with van der Waals surface area (Å²) in [5, 5.41) is 26.7. The van der Waals surface area contributed by atoms with E-state index in [4.69, 9.17) is 10.2 Å². The lowest BCUT2D eigenvalue weighted by atomic mass is 10.2. The van der Waals surface area contributed by atoms with Crippen molar-refractivity contribution in [2.24, 2.45) is 0 Å². The molecule has 0 radical (unpaired) electrons. The SMILES string of the molecule is CCCN(CCC)C(=O)C(O)CC(O)O. The number of carbonyl (C=O) groups is 1. The van der Waals surface area contributed by atoms with E-state index in [9.17, 15) is 9.90 Å². The fraction of sp³-hybridized carbons (Fsp3) is 0.900. The number of nitrogens with zero attached hydrogens (tertiary/aromatic N) is 1. The van der Waals surface area contributed by atoms with Crippen molar-refractivity contribution in [3.8, 4) is 0 Å². The highest BCUT2D eigenvalue weighted by Gasteiger charge is 2.22. The summed E-state index contributed by atoms with van der Waals surface area (Å²) in [5.74, 6) is -0.424. The molecule has 15 heavy (non-hydrogen) atoms. The molecule has 0 rings (SSSR count). The van der Waals surface area contributed by atoms with E-state index in [2.05, 4.69) is 0 Å². The van der Waals surface area contributed by atoms with Crippen LogP contribution in [0.2, 0.25) is 0 Å². The number of amides is 1. The predicted octanol–water partition coefficient (Wildman–Crippen LogP) is -0.303. The zero-order valence-corrected chi connectivity index (χ0v) is 9.39. The molecule has 0 bridgehead atoms. The molecule has 1 amide bonds. The minimum absolute atomic E-state index is 0.331. The molecule has 3 N–H and O–H groups in total. The van der Waals surface area contributed by atoms with Crippen LogP contribution in [0.25, 0.3) is 0 Å². The van der Waals surface area contributed by atoms with Crippen LogP contribution in [-0.4, -0.2) is 51.6 Å². The van der Waals surface area contributed by atoms with Gasteiger partial charge in [-0.15, -0.1) is 0 Å². The van der Waals surface area contributed by atoms with Crippen molar-refractivity contribution in [3.05, 3.63) is 0 Å². The summed E-state index contributed by atoms with van der Waals surface area (Å²) in [6.45, 7) is 5.07. The maximum atomic E-state index is 11.6. The van der Waals surface area contributed by atoms with Crippen molar-refractivity contribution in [1.82, 2.24) is 4.90 Å². The normalized spacial score (nSPS) is 12.9. The monoisotopic (exact) mass is 219 g/mol. The van der Waals surface area contributed by atoms with E-state index in [1.54, 1.807) is 4.90 Å². The summed E-state index contributed by atoms with van der Waals surface area (Å²) in [4.78, 5) is 13.2. The minimum Gasteiger partial charge on any atom is -0.383 e. The smallest absolute Gasteiger partial charge is 0.251 e. The lowest BCUT2D eigenvalue weighted by Gasteiger charge is -2.24. The molecule has 5 heteroatoms. The van der Waals surface area contributed by atoms with Gasteiger partial charge in [0.1, 0.15) is 6.10 Å². The molecule has 0 heterocycles. The van der Waals surface area contributed by atoms with Crippen LogP contribution in [-0.2, 0) is 4.79 Å². The van der Waals surface area contributed by atoms with E-state index < -0.39 is 18.3 Å². The van der Waals surface area contributed by atoms with Crippen LogP contribution in [0, 0.1) is 0 Å². The van der Waals surface area contributed by atoms with Gasteiger partial charge in [0.2, 0.25) is 0 Å². The second kappa shape index (κ2) is 7.62. The Kier molecular flexibility index (Phi) is 7.29. The maximum Gasteiger partial charge on any atom is 0.251 e. The molecule has 0 aromatic carbocycles. The van der Waals surface area contributed by atoms with Crippen molar-refractivity contribution >= 4 is 5.91 Å². The number of hydrogen-bond donors (Lipinski definition) is 3. The third-order valence-corrected chi connectivity index (χ3v) is 2.02. The van der Waals surface area contributed by atoms with E-state index in [1.807, 2.05) is 13.8 Å². The number of hydrogen-bond acceptors (Lipinski definition) is 4. The Morgan fingerprint density at radius 2 is 1.60 bits per heavy atom. The highest BCUT2D eigenvalue weighted by molar-refractivity contribution is 5.80. The Balaban J connectivity index is 4.21. The molecule has 0 aliphatic rings. The molecule has 1 unspecified atom stereocenters. The number of carbonyl (C=O) groups excluding carboxylic acids is 1. The first-order valence-electron chi connectivity index (χ1n) is 5.35. The first-order chi connectivity index (χ1) is 7.02. The Labute approximate surface area is 90.3 Å². The van der Waals surface area contributed by atoms with Gasteiger partial charge >= 0.3 is 0 Å². The Hall–Kier alpha value is -0.650. The van der Waals surface area contributed by atoms with Gasteiger partial charge in [-0.3, -0.25) is 4.79 Å². The Morgan fingerprint density at radius 3 is 1.93 bits per heavy atom. The van der Waals surface area contributed by atoms with Crippen molar-refractivity contribution in [2.45, 2.75) is 45.5 Å². The van der Waals surface area contributed by atoms with Crippen LogP contribution in [0.3, 0.4) is 0 Å². The van der Waals surface area contributed by atoms with Gasteiger partial charge in [0.05, 0.1) is 0 Å². The van der Waals surface area contributed by atoms with Gasteiger partial charge in [0.25, 0.3) is 5.91 Å². The van der Waals surface area contributed by atoms with Crippen molar-refractivity contribution in [3.63, 3.8) is 0 Å². The highest BCUT2D eigenvalue weighted by atomic mass is 16.5. The number of aliphatic hydroxyl groups is 3. The molecular formula is C10H21NO4. The maximum absolute atomic E-state index is 11.6. The van der Waals surface area contributed by atoms with Crippen molar-refractivity contribution in [2.75, 3.05) is 13.1 Å². The summed E-state index contributed by atoms with van der Waals surface area (Å²) < 4.78 is 0. The molecule has 0 saturated carbocycles. The fourth-order valence-corrected chi connectivity index (χ4v) is 1.38. The minimum atomic E-state index is -1.64. The molecular weight excluding hydrogens is 198 g/mol. The zero-order chi connectivity index (χ0) is 11.8. The second-order valence-corrected chi connectivity index (χ2v) is 3.56. The largest absolute Gasteiger partial charge is 0.383 e. The van der Waals surface area contributed by atoms with Crippen molar-refractivity contribution < 1.29 is 20.1 Å². The molecule has 0 aromatic heterocycles. The fourth-order valence-electron chi connectivity index (χ4n) is 1.38. The Morgan fingerprint density at radius 1 is 1.13 bits per heavy atom. The standard InChI is InChI=1S/C10H21NO4/c1-3-5-11(6-4-2)10(15)8(12)7-9(13)14/h8-9,12-14H,3-7H2,1-2H3. The van der Waals surface area contributed by atoms with Crippen LogP contribution >= 0.6 is 0 Å². The van der Waals surface area contributed by atoms with Gasteiger partial charge in [-0.25, -0.2) is 0 Å². The number of aliphatic hydroxyl groups excluding tert-OH is 2. The summed E-state index contributed by atoms with van der Waals surface area (Å²) in [6.07, 6.45) is -1.65. The molecule has 0 spiro atoms. The lowest BCUT2D eigenvalue weighted by molar-refractivity contribution is -0.146.